The number of ether oxygens (including phenoxy) is 1. The monoisotopic (exact) mass is 308 g/mol. The zero-order valence-corrected chi connectivity index (χ0v) is 13.3. The zero-order chi connectivity index (χ0) is 14.3. The topological polar surface area (TPSA) is 84.6 Å². The molecule has 0 aromatic carbocycles. The molecule has 0 bridgehead atoms. The van der Waals surface area contributed by atoms with Crippen LogP contribution in [-0.4, -0.2) is 42.9 Å². The second-order valence-electron chi connectivity index (χ2n) is 5.81. The molecule has 120 valence electrons. The first-order chi connectivity index (χ1) is 9.06. The lowest BCUT2D eigenvalue weighted by molar-refractivity contribution is -0.132. The summed E-state index contributed by atoms with van der Waals surface area (Å²) in [4.78, 5) is 12.0. The molecule has 0 aromatic heterocycles. The van der Waals surface area contributed by atoms with Gasteiger partial charge < -0.3 is 20.9 Å². The van der Waals surface area contributed by atoms with Crippen LogP contribution in [0.3, 0.4) is 0 Å². The Morgan fingerprint density at radius 1 is 1.45 bits per heavy atom. The molecule has 0 radical (unpaired) electrons. The highest BCUT2D eigenvalue weighted by Gasteiger charge is 2.29. The van der Waals surface area contributed by atoms with Crippen molar-refractivity contribution in [2.24, 2.45) is 17.6 Å². The van der Waals surface area contributed by atoms with Gasteiger partial charge in [0, 0.05) is 19.7 Å². The molecule has 1 saturated heterocycles. The van der Waals surface area contributed by atoms with E-state index in [1.165, 1.54) is 0 Å². The fourth-order valence-corrected chi connectivity index (χ4v) is 2.58. The van der Waals surface area contributed by atoms with Crippen molar-refractivity contribution in [1.82, 2.24) is 5.32 Å². The number of hydrogen-bond acceptors (Lipinski definition) is 4. The fourth-order valence-electron chi connectivity index (χ4n) is 2.58. The van der Waals surface area contributed by atoms with E-state index in [2.05, 4.69) is 19.2 Å². The van der Waals surface area contributed by atoms with Gasteiger partial charge in [-0.05, 0) is 37.5 Å². The summed E-state index contributed by atoms with van der Waals surface area (Å²) in [6, 6.07) is 0. The molecule has 1 aliphatic rings. The summed E-state index contributed by atoms with van der Waals surface area (Å²) in [6.07, 6.45) is 3.04. The number of halogens is 1. The van der Waals surface area contributed by atoms with Crippen LogP contribution < -0.4 is 11.1 Å². The molecule has 0 spiro atoms. The van der Waals surface area contributed by atoms with Crippen molar-refractivity contribution in [3.8, 4) is 0 Å². The maximum atomic E-state index is 12.0. The van der Waals surface area contributed by atoms with Gasteiger partial charge in [0.05, 0.1) is 6.10 Å². The summed E-state index contributed by atoms with van der Waals surface area (Å²) in [6.45, 7) is 5.56. The van der Waals surface area contributed by atoms with Crippen LogP contribution >= 0.6 is 12.4 Å². The first-order valence-corrected chi connectivity index (χ1v) is 7.30. The Labute approximate surface area is 128 Å². The Balaban J connectivity index is 0.00000361. The smallest absolute Gasteiger partial charge is 0.249 e. The van der Waals surface area contributed by atoms with Gasteiger partial charge in [-0.15, -0.1) is 12.4 Å². The first-order valence-electron chi connectivity index (χ1n) is 7.30. The number of rotatable bonds is 8. The van der Waals surface area contributed by atoms with Crippen molar-refractivity contribution in [3.05, 3.63) is 0 Å². The number of aliphatic hydroxyl groups excluding tert-OH is 1. The molecule has 1 aliphatic heterocycles. The van der Waals surface area contributed by atoms with Crippen LogP contribution in [-0.2, 0) is 9.53 Å². The molecule has 1 heterocycles. The van der Waals surface area contributed by atoms with Crippen molar-refractivity contribution in [3.63, 3.8) is 0 Å². The molecule has 6 heteroatoms. The summed E-state index contributed by atoms with van der Waals surface area (Å²) in [7, 11) is 0. The van der Waals surface area contributed by atoms with Crippen LogP contribution in [0.15, 0.2) is 0 Å². The second-order valence-corrected chi connectivity index (χ2v) is 5.81. The van der Waals surface area contributed by atoms with Gasteiger partial charge in [0.2, 0.25) is 5.91 Å². The van der Waals surface area contributed by atoms with Gasteiger partial charge in [-0.3, -0.25) is 4.79 Å². The molecule has 0 saturated carbocycles. The third-order valence-electron chi connectivity index (χ3n) is 3.57. The summed E-state index contributed by atoms with van der Waals surface area (Å²) in [5.74, 6) is 0.862. The van der Waals surface area contributed by atoms with Crippen LogP contribution in [0.1, 0.15) is 39.5 Å². The number of hydrogen-bond donors (Lipinski definition) is 3. The van der Waals surface area contributed by atoms with Gasteiger partial charge in [0.1, 0.15) is 6.10 Å². The van der Waals surface area contributed by atoms with E-state index in [4.69, 9.17) is 15.6 Å². The molecule has 1 fully saturated rings. The maximum Gasteiger partial charge on any atom is 0.249 e. The van der Waals surface area contributed by atoms with Crippen molar-refractivity contribution in [2.75, 3.05) is 19.7 Å². The molecular formula is C14H29ClN2O3. The highest BCUT2D eigenvalue weighted by Crippen LogP contribution is 2.19. The third-order valence-corrected chi connectivity index (χ3v) is 3.57. The minimum Gasteiger partial charge on any atom is -0.396 e. The Morgan fingerprint density at radius 2 is 2.15 bits per heavy atom. The number of carbonyl (C=O) groups is 1. The average molecular weight is 309 g/mol. The van der Waals surface area contributed by atoms with E-state index in [1.54, 1.807) is 0 Å². The van der Waals surface area contributed by atoms with Crippen molar-refractivity contribution < 1.29 is 14.6 Å². The van der Waals surface area contributed by atoms with E-state index in [9.17, 15) is 4.79 Å². The molecule has 1 unspecified atom stereocenters. The SMILES string of the molecule is CC(C)CC(CCO)CNC(=O)[C@@H]1CC[C@H](CN)O1.Cl. The van der Waals surface area contributed by atoms with E-state index < -0.39 is 0 Å². The minimum absolute atomic E-state index is 0. The average Bonchev–Trinajstić information content (AvgIpc) is 2.84. The van der Waals surface area contributed by atoms with Crippen molar-refractivity contribution >= 4 is 18.3 Å². The molecule has 1 amide bonds. The Hall–Kier alpha value is -0.360. The number of carbonyl (C=O) groups excluding carboxylic acids is 1. The van der Waals surface area contributed by atoms with Crippen LogP contribution in [0, 0.1) is 11.8 Å². The van der Waals surface area contributed by atoms with Crippen molar-refractivity contribution in [2.45, 2.75) is 51.7 Å². The molecule has 5 nitrogen and oxygen atoms in total. The van der Waals surface area contributed by atoms with E-state index in [0.717, 1.165) is 25.7 Å². The lowest BCUT2D eigenvalue weighted by Crippen LogP contribution is -2.38. The molecular weight excluding hydrogens is 280 g/mol. The van der Waals surface area contributed by atoms with Crippen LogP contribution in [0.25, 0.3) is 0 Å². The van der Waals surface area contributed by atoms with Gasteiger partial charge in [0.15, 0.2) is 0 Å². The molecule has 0 aliphatic carbocycles. The highest BCUT2D eigenvalue weighted by atomic mass is 35.5. The molecule has 3 atom stereocenters. The number of aliphatic hydroxyl groups is 1. The predicted molar refractivity (Wildman–Crippen MR) is 81.9 cm³/mol. The minimum atomic E-state index is -0.345. The lowest BCUT2D eigenvalue weighted by atomic mass is 9.94. The molecule has 4 N–H and O–H groups in total. The zero-order valence-electron chi connectivity index (χ0n) is 12.5. The van der Waals surface area contributed by atoms with Crippen LogP contribution in [0.4, 0.5) is 0 Å². The Morgan fingerprint density at radius 3 is 2.65 bits per heavy atom. The van der Waals surface area contributed by atoms with E-state index >= 15 is 0 Å². The first kappa shape index (κ1) is 19.6. The summed E-state index contributed by atoms with van der Waals surface area (Å²) < 4.78 is 5.56. The maximum absolute atomic E-state index is 12.0. The number of nitrogens with one attached hydrogen (secondary N) is 1. The standard InChI is InChI=1S/C14H28N2O3.ClH/c1-10(2)7-11(5-6-17)9-16-14(18)13-4-3-12(8-15)19-13;/h10-13,17H,3-9,15H2,1-2H3,(H,16,18);1H/t11?,12-,13+;/m1./s1. The quantitative estimate of drug-likeness (QED) is 0.626. The van der Waals surface area contributed by atoms with Gasteiger partial charge in [0.25, 0.3) is 0 Å². The Kier molecular flexibility index (Phi) is 10.2. The lowest BCUT2D eigenvalue weighted by Gasteiger charge is -2.20. The third kappa shape index (κ3) is 6.88. The largest absolute Gasteiger partial charge is 0.396 e. The summed E-state index contributed by atoms with van der Waals surface area (Å²) in [5.41, 5.74) is 5.53. The summed E-state index contributed by atoms with van der Waals surface area (Å²) >= 11 is 0. The summed E-state index contributed by atoms with van der Waals surface area (Å²) in [5, 5.41) is 12.0. The van der Waals surface area contributed by atoms with Crippen molar-refractivity contribution in [1.29, 1.82) is 0 Å². The van der Waals surface area contributed by atoms with Gasteiger partial charge in [-0.25, -0.2) is 0 Å². The highest BCUT2D eigenvalue weighted by molar-refractivity contribution is 5.85. The second kappa shape index (κ2) is 10.4. The van der Waals surface area contributed by atoms with Crippen LogP contribution in [0.2, 0.25) is 0 Å². The Bertz CT molecular complexity index is 277. The van der Waals surface area contributed by atoms with Crippen LogP contribution in [0.5, 0.6) is 0 Å². The van der Waals surface area contributed by atoms with E-state index in [1.807, 2.05) is 0 Å². The van der Waals surface area contributed by atoms with Gasteiger partial charge in [-0.2, -0.15) is 0 Å². The molecule has 0 aromatic rings. The normalized spacial score (nSPS) is 23.4. The number of nitrogens with two attached hydrogens (primary N) is 1. The van der Waals surface area contributed by atoms with Gasteiger partial charge >= 0.3 is 0 Å². The molecule has 1 rings (SSSR count). The molecule has 20 heavy (non-hydrogen) atoms. The van der Waals surface area contributed by atoms with E-state index in [-0.39, 0.29) is 37.1 Å². The van der Waals surface area contributed by atoms with E-state index in [0.29, 0.717) is 24.9 Å². The predicted octanol–water partition coefficient (Wildman–Crippen LogP) is 1.08. The number of amides is 1. The fraction of sp³-hybridized carbons (Fsp3) is 0.929. The van der Waals surface area contributed by atoms with Gasteiger partial charge in [-0.1, -0.05) is 13.8 Å².